The summed E-state index contributed by atoms with van der Waals surface area (Å²) in [6.07, 6.45) is 5.52. The fraction of sp³-hybridized carbons (Fsp3) is 0.417. The molecule has 154 valence electrons. The Bertz CT molecular complexity index is 858. The van der Waals surface area contributed by atoms with Crippen molar-refractivity contribution in [2.75, 3.05) is 10.6 Å². The molecule has 1 saturated carbocycles. The van der Waals surface area contributed by atoms with Gasteiger partial charge in [0, 0.05) is 22.2 Å². The molecule has 0 radical (unpaired) electrons. The Labute approximate surface area is 177 Å². The quantitative estimate of drug-likeness (QED) is 0.579. The fourth-order valence-electron chi connectivity index (χ4n) is 3.55. The highest BCUT2D eigenvalue weighted by molar-refractivity contribution is 8.00. The van der Waals surface area contributed by atoms with E-state index in [1.54, 1.807) is 0 Å². The topological polar surface area (TPSA) is 58.2 Å². The molecule has 1 aliphatic rings. The first kappa shape index (κ1) is 21.4. The number of benzene rings is 2. The van der Waals surface area contributed by atoms with Crippen LogP contribution in [0.2, 0.25) is 0 Å². The third-order valence-corrected chi connectivity index (χ3v) is 6.67. The van der Waals surface area contributed by atoms with Crippen LogP contribution in [0.3, 0.4) is 0 Å². The van der Waals surface area contributed by atoms with Crippen molar-refractivity contribution < 1.29 is 9.59 Å². The third-order valence-electron chi connectivity index (χ3n) is 5.55. The van der Waals surface area contributed by atoms with Gasteiger partial charge in [-0.05, 0) is 81.1 Å². The zero-order valence-corrected chi connectivity index (χ0v) is 18.3. The second-order valence-corrected chi connectivity index (χ2v) is 9.31. The Morgan fingerprint density at radius 3 is 2.21 bits per heavy atom. The van der Waals surface area contributed by atoms with Gasteiger partial charge in [0.25, 0.3) is 0 Å². The molecule has 4 nitrogen and oxygen atoms in total. The molecule has 0 aliphatic heterocycles. The first-order valence-electron chi connectivity index (χ1n) is 10.4. The van der Waals surface area contributed by atoms with Gasteiger partial charge in [0.15, 0.2) is 0 Å². The molecule has 1 atom stereocenters. The smallest absolute Gasteiger partial charge is 0.237 e. The van der Waals surface area contributed by atoms with Crippen LogP contribution in [0.1, 0.15) is 50.2 Å². The van der Waals surface area contributed by atoms with Gasteiger partial charge in [-0.15, -0.1) is 11.8 Å². The molecule has 0 bridgehead atoms. The maximum Gasteiger partial charge on any atom is 0.237 e. The molecule has 1 unspecified atom stereocenters. The van der Waals surface area contributed by atoms with E-state index in [1.807, 2.05) is 56.3 Å². The second-order valence-electron chi connectivity index (χ2n) is 7.90. The molecular formula is C24H30N2O2S. The molecule has 0 spiro atoms. The maximum absolute atomic E-state index is 12.5. The zero-order chi connectivity index (χ0) is 20.8. The molecule has 1 fully saturated rings. The van der Waals surface area contributed by atoms with Crippen molar-refractivity contribution in [1.29, 1.82) is 0 Å². The third kappa shape index (κ3) is 6.10. The molecule has 0 heterocycles. The van der Waals surface area contributed by atoms with E-state index in [0.717, 1.165) is 47.5 Å². The number of amides is 2. The molecule has 2 aromatic carbocycles. The highest BCUT2D eigenvalue weighted by Gasteiger charge is 2.21. The van der Waals surface area contributed by atoms with E-state index >= 15 is 0 Å². The predicted molar refractivity (Wildman–Crippen MR) is 122 cm³/mol. The minimum absolute atomic E-state index is 0.0204. The Hall–Kier alpha value is -2.27. The SMILES string of the molecule is Cc1ccc(NC(=O)C(C)Sc2ccc(NC(=O)C3CCCCC3)cc2)cc1C. The number of hydrogen-bond acceptors (Lipinski definition) is 3. The second kappa shape index (κ2) is 9.97. The number of aryl methyl sites for hydroxylation is 2. The summed E-state index contributed by atoms with van der Waals surface area (Å²) in [7, 11) is 0. The molecule has 0 aromatic heterocycles. The number of rotatable bonds is 6. The largest absolute Gasteiger partial charge is 0.326 e. The van der Waals surface area contributed by atoms with Gasteiger partial charge in [-0.25, -0.2) is 0 Å². The lowest BCUT2D eigenvalue weighted by molar-refractivity contribution is -0.120. The van der Waals surface area contributed by atoms with Crippen LogP contribution in [-0.2, 0) is 9.59 Å². The van der Waals surface area contributed by atoms with Crippen molar-refractivity contribution in [3.8, 4) is 0 Å². The van der Waals surface area contributed by atoms with Gasteiger partial charge in [0.2, 0.25) is 11.8 Å². The van der Waals surface area contributed by atoms with Gasteiger partial charge in [0.05, 0.1) is 5.25 Å². The van der Waals surface area contributed by atoms with Crippen molar-refractivity contribution in [3.63, 3.8) is 0 Å². The van der Waals surface area contributed by atoms with Crippen LogP contribution in [0.15, 0.2) is 47.4 Å². The highest BCUT2D eigenvalue weighted by Crippen LogP contribution is 2.28. The maximum atomic E-state index is 12.5. The van der Waals surface area contributed by atoms with E-state index in [1.165, 1.54) is 23.7 Å². The van der Waals surface area contributed by atoms with Crippen LogP contribution in [0, 0.1) is 19.8 Å². The summed E-state index contributed by atoms with van der Waals surface area (Å²) in [6.45, 7) is 6.00. The lowest BCUT2D eigenvalue weighted by Crippen LogP contribution is -2.24. The molecule has 2 N–H and O–H groups in total. The van der Waals surface area contributed by atoms with Crippen molar-refractivity contribution in [2.45, 2.75) is 63.0 Å². The normalized spacial score (nSPS) is 15.6. The molecule has 1 aliphatic carbocycles. The van der Waals surface area contributed by atoms with Crippen LogP contribution in [0.4, 0.5) is 11.4 Å². The summed E-state index contributed by atoms with van der Waals surface area (Å²) in [5.74, 6) is 0.256. The Balaban J connectivity index is 1.52. The number of hydrogen-bond donors (Lipinski definition) is 2. The van der Waals surface area contributed by atoms with Gasteiger partial charge < -0.3 is 10.6 Å². The summed E-state index contributed by atoms with van der Waals surface area (Å²) in [4.78, 5) is 25.9. The van der Waals surface area contributed by atoms with Crippen LogP contribution in [-0.4, -0.2) is 17.1 Å². The van der Waals surface area contributed by atoms with Crippen molar-refractivity contribution in [3.05, 3.63) is 53.6 Å². The molecule has 3 rings (SSSR count). The van der Waals surface area contributed by atoms with E-state index in [2.05, 4.69) is 17.6 Å². The van der Waals surface area contributed by atoms with Crippen LogP contribution < -0.4 is 10.6 Å². The molecule has 2 amide bonds. The zero-order valence-electron chi connectivity index (χ0n) is 17.5. The first-order chi connectivity index (χ1) is 13.9. The van der Waals surface area contributed by atoms with Crippen LogP contribution >= 0.6 is 11.8 Å². The number of carbonyl (C=O) groups excluding carboxylic acids is 2. The van der Waals surface area contributed by atoms with E-state index in [4.69, 9.17) is 0 Å². The molecule has 0 saturated heterocycles. The molecular weight excluding hydrogens is 380 g/mol. The summed E-state index contributed by atoms with van der Waals surface area (Å²) in [5, 5.41) is 5.79. The molecule has 2 aromatic rings. The van der Waals surface area contributed by atoms with Gasteiger partial charge in [-0.2, -0.15) is 0 Å². The van der Waals surface area contributed by atoms with Crippen molar-refractivity contribution in [2.24, 2.45) is 5.92 Å². The van der Waals surface area contributed by atoms with Crippen LogP contribution in [0.25, 0.3) is 0 Å². The van der Waals surface area contributed by atoms with E-state index in [0.29, 0.717) is 0 Å². The van der Waals surface area contributed by atoms with Crippen LogP contribution in [0.5, 0.6) is 0 Å². The molecule has 29 heavy (non-hydrogen) atoms. The van der Waals surface area contributed by atoms with Gasteiger partial charge in [0.1, 0.15) is 0 Å². The first-order valence-corrected chi connectivity index (χ1v) is 11.3. The number of carbonyl (C=O) groups is 2. The van der Waals surface area contributed by atoms with Gasteiger partial charge in [-0.3, -0.25) is 9.59 Å². The summed E-state index contributed by atoms with van der Waals surface area (Å²) < 4.78 is 0. The monoisotopic (exact) mass is 410 g/mol. The minimum atomic E-state index is -0.223. The van der Waals surface area contributed by atoms with Gasteiger partial charge in [-0.1, -0.05) is 25.3 Å². The predicted octanol–water partition coefficient (Wildman–Crippen LogP) is 5.94. The average Bonchev–Trinajstić information content (AvgIpc) is 2.72. The lowest BCUT2D eigenvalue weighted by Gasteiger charge is -2.20. The van der Waals surface area contributed by atoms with Crippen molar-refractivity contribution >= 4 is 35.0 Å². The number of anilines is 2. The Kier molecular flexibility index (Phi) is 7.37. The lowest BCUT2D eigenvalue weighted by atomic mass is 9.88. The van der Waals surface area contributed by atoms with E-state index in [9.17, 15) is 9.59 Å². The van der Waals surface area contributed by atoms with E-state index < -0.39 is 0 Å². The minimum Gasteiger partial charge on any atom is -0.326 e. The molecule has 5 heteroatoms. The average molecular weight is 411 g/mol. The standard InChI is InChI=1S/C24H30N2O2S/c1-16-9-10-21(15-17(16)2)26-23(27)18(3)29-22-13-11-20(12-14-22)25-24(28)19-7-5-4-6-8-19/h9-15,18-19H,4-8H2,1-3H3,(H,25,28)(H,26,27). The highest BCUT2D eigenvalue weighted by atomic mass is 32.2. The van der Waals surface area contributed by atoms with E-state index in [-0.39, 0.29) is 23.0 Å². The summed E-state index contributed by atoms with van der Waals surface area (Å²) >= 11 is 1.51. The Morgan fingerprint density at radius 2 is 1.55 bits per heavy atom. The number of nitrogens with one attached hydrogen (secondary N) is 2. The number of thioether (sulfide) groups is 1. The fourth-order valence-corrected chi connectivity index (χ4v) is 4.41. The summed E-state index contributed by atoms with van der Waals surface area (Å²) in [6, 6.07) is 13.7. The van der Waals surface area contributed by atoms with Gasteiger partial charge >= 0.3 is 0 Å². The Morgan fingerprint density at radius 1 is 0.897 bits per heavy atom. The van der Waals surface area contributed by atoms with Crippen molar-refractivity contribution in [1.82, 2.24) is 0 Å². The summed E-state index contributed by atoms with van der Waals surface area (Å²) in [5.41, 5.74) is 4.01.